The minimum absolute atomic E-state index is 0.193. The number of rotatable bonds is 10. The quantitative estimate of drug-likeness (QED) is 0.372. The van der Waals surface area contributed by atoms with E-state index in [2.05, 4.69) is 11.9 Å². The first-order chi connectivity index (χ1) is 12.8. The van der Waals surface area contributed by atoms with Gasteiger partial charge in [0.25, 0.3) is 5.91 Å². The number of carbonyl (C=O) groups excluding carboxylic acids is 2. The Kier molecular flexibility index (Phi) is 8.90. The number of nitrogens with zero attached hydrogens (tertiary/aromatic N) is 1. The molecule has 0 aromatic heterocycles. The van der Waals surface area contributed by atoms with Crippen LogP contribution in [0.15, 0.2) is 47.9 Å². The summed E-state index contributed by atoms with van der Waals surface area (Å²) < 4.78 is 31.2. The van der Waals surface area contributed by atoms with Gasteiger partial charge in [-0.15, -0.1) is 6.58 Å². The molecule has 1 aromatic carbocycles. The molecule has 1 amide bonds. The fourth-order valence-electron chi connectivity index (χ4n) is 2.21. The Morgan fingerprint density at radius 2 is 1.81 bits per heavy atom. The van der Waals surface area contributed by atoms with Gasteiger partial charge >= 0.3 is 5.97 Å². The van der Waals surface area contributed by atoms with E-state index in [1.807, 2.05) is 0 Å². The van der Waals surface area contributed by atoms with Crippen molar-refractivity contribution in [3.63, 3.8) is 0 Å². The second-order valence-corrected chi connectivity index (χ2v) is 7.54. The van der Waals surface area contributed by atoms with Crippen LogP contribution in [0.25, 0.3) is 6.08 Å². The predicted molar refractivity (Wildman–Crippen MR) is 104 cm³/mol. The Morgan fingerprint density at radius 1 is 1.22 bits per heavy atom. The van der Waals surface area contributed by atoms with Crippen LogP contribution in [-0.2, 0) is 24.3 Å². The molecule has 0 aliphatic carbocycles. The van der Waals surface area contributed by atoms with E-state index in [0.29, 0.717) is 25.2 Å². The molecule has 0 saturated heterocycles. The summed E-state index contributed by atoms with van der Waals surface area (Å²) in [6.45, 7) is 9.59. The number of sulfonamides is 1. The van der Waals surface area contributed by atoms with Crippen LogP contribution in [0.2, 0.25) is 0 Å². The van der Waals surface area contributed by atoms with Crippen molar-refractivity contribution in [2.75, 3.05) is 19.6 Å². The van der Waals surface area contributed by atoms with Crippen molar-refractivity contribution in [1.82, 2.24) is 9.62 Å². The summed E-state index contributed by atoms with van der Waals surface area (Å²) in [5.74, 6) is -1.08. The molecule has 1 N–H and O–H groups in total. The van der Waals surface area contributed by atoms with Crippen molar-refractivity contribution in [3.05, 3.63) is 48.6 Å². The predicted octanol–water partition coefficient (Wildman–Crippen LogP) is 1.96. The van der Waals surface area contributed by atoms with E-state index in [9.17, 15) is 18.0 Å². The molecule has 148 valence electrons. The topological polar surface area (TPSA) is 92.8 Å². The number of carbonyl (C=O) groups is 2. The fourth-order valence-corrected chi connectivity index (χ4v) is 3.67. The zero-order valence-corrected chi connectivity index (χ0v) is 16.7. The van der Waals surface area contributed by atoms with E-state index in [0.717, 1.165) is 0 Å². The Morgan fingerprint density at radius 3 is 2.33 bits per heavy atom. The summed E-state index contributed by atoms with van der Waals surface area (Å²) >= 11 is 0. The van der Waals surface area contributed by atoms with Crippen LogP contribution in [-0.4, -0.2) is 50.3 Å². The second kappa shape index (κ2) is 10.6. The Bertz CT molecular complexity index is 781. The van der Waals surface area contributed by atoms with Crippen molar-refractivity contribution < 1.29 is 22.7 Å². The highest BCUT2D eigenvalue weighted by atomic mass is 32.2. The zero-order valence-electron chi connectivity index (χ0n) is 15.8. The first-order valence-corrected chi connectivity index (χ1v) is 10.1. The minimum Gasteiger partial charge on any atom is -0.449 e. The van der Waals surface area contributed by atoms with Crippen LogP contribution in [0, 0.1) is 0 Å². The average molecular weight is 394 g/mol. The molecule has 1 rings (SSSR count). The monoisotopic (exact) mass is 394 g/mol. The summed E-state index contributed by atoms with van der Waals surface area (Å²) in [6, 6.07) is 6.18. The summed E-state index contributed by atoms with van der Waals surface area (Å²) in [4.78, 5) is 23.6. The molecule has 0 aliphatic heterocycles. The lowest BCUT2D eigenvalue weighted by molar-refractivity contribution is -0.150. The lowest BCUT2D eigenvalue weighted by Gasteiger charge is -2.18. The number of ether oxygens (including phenoxy) is 1. The van der Waals surface area contributed by atoms with Gasteiger partial charge in [-0.25, -0.2) is 13.2 Å². The van der Waals surface area contributed by atoms with Crippen molar-refractivity contribution in [2.45, 2.75) is 31.8 Å². The van der Waals surface area contributed by atoms with Crippen LogP contribution in [0.5, 0.6) is 0 Å². The van der Waals surface area contributed by atoms with E-state index >= 15 is 0 Å². The molecule has 1 unspecified atom stereocenters. The van der Waals surface area contributed by atoms with Crippen molar-refractivity contribution >= 4 is 28.0 Å². The standard InChI is InChI=1S/C19H26N2O5S/c1-5-14-20-19(23)15(4)26-18(22)13-10-16-8-11-17(12-9-16)27(24,25)21(6-2)7-3/h5,8-13,15H,1,6-7,14H2,2-4H3,(H,20,23)/b13-10+. The lowest BCUT2D eigenvalue weighted by atomic mass is 10.2. The molecule has 0 spiro atoms. The largest absolute Gasteiger partial charge is 0.449 e. The van der Waals surface area contributed by atoms with E-state index in [1.165, 1.54) is 41.6 Å². The number of benzene rings is 1. The van der Waals surface area contributed by atoms with Crippen molar-refractivity contribution in [3.8, 4) is 0 Å². The Labute approximate surface area is 160 Å². The Hall–Kier alpha value is -2.45. The van der Waals surface area contributed by atoms with Gasteiger partial charge in [-0.05, 0) is 30.7 Å². The maximum absolute atomic E-state index is 12.4. The maximum Gasteiger partial charge on any atom is 0.331 e. The van der Waals surface area contributed by atoms with Gasteiger partial charge in [0, 0.05) is 25.7 Å². The van der Waals surface area contributed by atoms with E-state index in [-0.39, 0.29) is 4.90 Å². The number of amides is 1. The third-order valence-corrected chi connectivity index (χ3v) is 5.78. The van der Waals surface area contributed by atoms with Gasteiger partial charge in [0.05, 0.1) is 4.90 Å². The van der Waals surface area contributed by atoms with Crippen LogP contribution in [0.1, 0.15) is 26.3 Å². The van der Waals surface area contributed by atoms with E-state index in [4.69, 9.17) is 4.74 Å². The van der Waals surface area contributed by atoms with Crippen molar-refractivity contribution in [2.24, 2.45) is 0 Å². The molecule has 1 atom stereocenters. The lowest BCUT2D eigenvalue weighted by Crippen LogP contribution is -2.35. The number of hydrogen-bond acceptors (Lipinski definition) is 5. The van der Waals surface area contributed by atoms with Crippen LogP contribution < -0.4 is 5.32 Å². The van der Waals surface area contributed by atoms with Crippen LogP contribution in [0.3, 0.4) is 0 Å². The highest BCUT2D eigenvalue weighted by Crippen LogP contribution is 2.16. The third kappa shape index (κ3) is 6.65. The molecule has 7 nitrogen and oxygen atoms in total. The molecule has 0 radical (unpaired) electrons. The average Bonchev–Trinajstić information content (AvgIpc) is 2.65. The number of nitrogens with one attached hydrogen (secondary N) is 1. The van der Waals surface area contributed by atoms with Gasteiger partial charge in [-0.1, -0.05) is 32.1 Å². The molecule has 27 heavy (non-hydrogen) atoms. The number of hydrogen-bond donors (Lipinski definition) is 1. The fraction of sp³-hybridized carbons (Fsp3) is 0.368. The van der Waals surface area contributed by atoms with Gasteiger partial charge in [0.1, 0.15) is 0 Å². The highest BCUT2D eigenvalue weighted by molar-refractivity contribution is 7.89. The summed E-state index contributed by atoms with van der Waals surface area (Å²) in [5.41, 5.74) is 0.634. The van der Waals surface area contributed by atoms with E-state index < -0.39 is 28.0 Å². The SMILES string of the molecule is C=CCNC(=O)C(C)OC(=O)/C=C/c1ccc(S(=O)(=O)N(CC)CC)cc1. The van der Waals surface area contributed by atoms with Gasteiger partial charge < -0.3 is 10.1 Å². The van der Waals surface area contributed by atoms with Crippen LogP contribution in [0.4, 0.5) is 0 Å². The highest BCUT2D eigenvalue weighted by Gasteiger charge is 2.21. The van der Waals surface area contributed by atoms with Gasteiger partial charge in [-0.3, -0.25) is 4.79 Å². The summed E-state index contributed by atoms with van der Waals surface area (Å²) in [7, 11) is -3.52. The van der Waals surface area contributed by atoms with E-state index in [1.54, 1.807) is 26.0 Å². The second-order valence-electron chi connectivity index (χ2n) is 5.60. The van der Waals surface area contributed by atoms with Crippen molar-refractivity contribution in [1.29, 1.82) is 0 Å². The molecular weight excluding hydrogens is 368 g/mol. The van der Waals surface area contributed by atoms with Gasteiger partial charge in [0.2, 0.25) is 10.0 Å². The molecule has 1 aromatic rings. The summed E-state index contributed by atoms with van der Waals surface area (Å²) in [6.07, 6.45) is 3.27. The molecule has 0 heterocycles. The normalized spacial score (nSPS) is 12.7. The third-order valence-electron chi connectivity index (χ3n) is 3.72. The smallest absolute Gasteiger partial charge is 0.331 e. The first kappa shape index (κ1) is 22.6. The van der Waals surface area contributed by atoms with Gasteiger partial charge in [0.15, 0.2) is 6.10 Å². The first-order valence-electron chi connectivity index (χ1n) is 8.63. The van der Waals surface area contributed by atoms with Gasteiger partial charge in [-0.2, -0.15) is 4.31 Å². The Balaban J connectivity index is 2.73. The minimum atomic E-state index is -3.52. The summed E-state index contributed by atoms with van der Waals surface area (Å²) in [5, 5.41) is 2.53. The van der Waals surface area contributed by atoms with Crippen LogP contribution >= 0.6 is 0 Å². The maximum atomic E-state index is 12.4. The molecule has 0 fully saturated rings. The molecular formula is C19H26N2O5S. The molecule has 8 heteroatoms. The molecule has 0 aliphatic rings. The molecule has 0 bridgehead atoms. The zero-order chi connectivity index (χ0) is 20.4. The molecule has 0 saturated carbocycles. The number of esters is 1.